The molecule has 2 aliphatic rings. The maximum absolute atomic E-state index is 13.5. The van der Waals surface area contributed by atoms with Gasteiger partial charge in [0.15, 0.2) is 0 Å². The van der Waals surface area contributed by atoms with E-state index >= 15 is 0 Å². The normalized spacial score (nSPS) is 18.1. The molecule has 7 nitrogen and oxygen atoms in total. The van der Waals surface area contributed by atoms with Gasteiger partial charge in [-0.2, -0.15) is 0 Å². The van der Waals surface area contributed by atoms with E-state index in [9.17, 15) is 9.59 Å². The summed E-state index contributed by atoms with van der Waals surface area (Å²) in [7, 11) is 3.14. The third kappa shape index (κ3) is 3.74. The van der Waals surface area contributed by atoms with Gasteiger partial charge in [-0.15, -0.1) is 6.58 Å². The summed E-state index contributed by atoms with van der Waals surface area (Å²) in [6.45, 7) is 4.89. The second-order valence-electron chi connectivity index (χ2n) is 7.40. The van der Waals surface area contributed by atoms with Crippen molar-refractivity contribution in [3.05, 3.63) is 83.6 Å². The van der Waals surface area contributed by atoms with E-state index in [1.54, 1.807) is 48.3 Å². The van der Waals surface area contributed by atoms with E-state index in [0.717, 1.165) is 5.56 Å². The number of nitrogens with one attached hydrogen (secondary N) is 1. The zero-order valence-electron chi connectivity index (χ0n) is 17.6. The second-order valence-corrected chi connectivity index (χ2v) is 7.40. The number of amides is 3. The molecule has 2 aliphatic heterocycles. The van der Waals surface area contributed by atoms with E-state index in [1.807, 2.05) is 30.3 Å². The van der Waals surface area contributed by atoms with Crippen LogP contribution < -0.4 is 14.8 Å². The molecule has 1 atom stereocenters. The van der Waals surface area contributed by atoms with Crippen LogP contribution in [0.5, 0.6) is 11.5 Å². The fourth-order valence-corrected chi connectivity index (χ4v) is 4.10. The van der Waals surface area contributed by atoms with Gasteiger partial charge in [0.05, 0.1) is 38.1 Å². The molecule has 0 saturated carbocycles. The molecule has 160 valence electrons. The fourth-order valence-electron chi connectivity index (χ4n) is 4.10. The molecule has 0 unspecified atom stereocenters. The maximum Gasteiger partial charge on any atom is 0.322 e. The van der Waals surface area contributed by atoms with Gasteiger partial charge in [0.25, 0.3) is 5.91 Å². The monoisotopic (exact) mass is 419 g/mol. The number of carbonyl (C=O) groups excluding carboxylic acids is 2. The van der Waals surface area contributed by atoms with Crippen LogP contribution in [0.4, 0.5) is 4.79 Å². The van der Waals surface area contributed by atoms with Crippen molar-refractivity contribution in [3.8, 4) is 11.5 Å². The number of hydrogen-bond acceptors (Lipinski definition) is 4. The molecule has 0 saturated heterocycles. The minimum atomic E-state index is -0.637. The number of ether oxygens (including phenoxy) is 2. The lowest BCUT2D eigenvalue weighted by atomic mass is 9.94. The van der Waals surface area contributed by atoms with Gasteiger partial charge in [-0.1, -0.05) is 36.4 Å². The lowest BCUT2D eigenvalue weighted by Crippen LogP contribution is -2.47. The average molecular weight is 419 g/mol. The van der Waals surface area contributed by atoms with Gasteiger partial charge in [0, 0.05) is 18.7 Å². The summed E-state index contributed by atoms with van der Waals surface area (Å²) < 4.78 is 10.9. The molecule has 3 amide bonds. The van der Waals surface area contributed by atoms with E-state index in [1.165, 1.54) is 0 Å². The van der Waals surface area contributed by atoms with E-state index in [4.69, 9.17) is 9.47 Å². The highest BCUT2D eigenvalue weighted by Crippen LogP contribution is 2.40. The number of hydrogen-bond donors (Lipinski definition) is 1. The molecule has 1 N–H and O–H groups in total. The Balaban J connectivity index is 1.77. The summed E-state index contributed by atoms with van der Waals surface area (Å²) in [5.74, 6) is 1.08. The Morgan fingerprint density at radius 3 is 2.58 bits per heavy atom. The van der Waals surface area contributed by atoms with Crippen molar-refractivity contribution in [2.24, 2.45) is 0 Å². The van der Waals surface area contributed by atoms with Crippen molar-refractivity contribution in [2.75, 3.05) is 27.3 Å². The van der Waals surface area contributed by atoms with Crippen molar-refractivity contribution in [2.45, 2.75) is 12.6 Å². The first-order valence-corrected chi connectivity index (χ1v) is 10.0. The first-order chi connectivity index (χ1) is 15.1. The predicted molar refractivity (Wildman–Crippen MR) is 117 cm³/mol. The fraction of sp³-hybridized carbons (Fsp3) is 0.250. The smallest absolute Gasteiger partial charge is 0.322 e. The standard InChI is InChI=1S/C24H25N3O4/c1-4-12-27-19-15-26(14-16-8-6-5-7-9-16)23(28)21(19)22(25-24(27)29)18-13-17(30-2)10-11-20(18)31-3/h4-11,13,22H,1,12,14-15H2,2-3H3,(H,25,29)/t22-/m1/s1. The van der Waals surface area contributed by atoms with E-state index in [0.29, 0.717) is 48.0 Å². The van der Waals surface area contributed by atoms with Gasteiger partial charge >= 0.3 is 6.03 Å². The van der Waals surface area contributed by atoms with Crippen molar-refractivity contribution in [1.82, 2.24) is 15.1 Å². The second kappa shape index (κ2) is 8.55. The number of nitrogens with zero attached hydrogens (tertiary/aromatic N) is 2. The third-order valence-electron chi connectivity index (χ3n) is 5.57. The first-order valence-electron chi connectivity index (χ1n) is 10.0. The molecule has 0 bridgehead atoms. The Labute approximate surface area is 181 Å². The van der Waals surface area contributed by atoms with Crippen LogP contribution >= 0.6 is 0 Å². The van der Waals surface area contributed by atoms with Crippen LogP contribution in [0.15, 0.2) is 72.5 Å². The summed E-state index contributed by atoms with van der Waals surface area (Å²) in [5.41, 5.74) is 2.94. The van der Waals surface area contributed by atoms with Crippen molar-refractivity contribution in [1.29, 1.82) is 0 Å². The van der Waals surface area contributed by atoms with Crippen LogP contribution in [0, 0.1) is 0 Å². The molecule has 0 fully saturated rings. The molecule has 31 heavy (non-hydrogen) atoms. The molecule has 2 heterocycles. The van der Waals surface area contributed by atoms with Gasteiger partial charge in [0.2, 0.25) is 0 Å². The van der Waals surface area contributed by atoms with Crippen LogP contribution in [-0.4, -0.2) is 49.0 Å². The van der Waals surface area contributed by atoms with Crippen LogP contribution in [-0.2, 0) is 11.3 Å². The zero-order valence-corrected chi connectivity index (χ0v) is 17.6. The van der Waals surface area contributed by atoms with E-state index in [-0.39, 0.29) is 11.9 Å². The van der Waals surface area contributed by atoms with Crippen LogP contribution in [0.3, 0.4) is 0 Å². The lowest BCUT2D eigenvalue weighted by molar-refractivity contribution is -0.126. The quantitative estimate of drug-likeness (QED) is 0.700. The number of benzene rings is 2. The number of carbonyl (C=O) groups is 2. The largest absolute Gasteiger partial charge is 0.497 e. The van der Waals surface area contributed by atoms with Crippen molar-refractivity contribution in [3.63, 3.8) is 0 Å². The molecule has 2 aromatic carbocycles. The summed E-state index contributed by atoms with van der Waals surface area (Å²) >= 11 is 0. The molecule has 4 rings (SSSR count). The molecular formula is C24H25N3O4. The highest BCUT2D eigenvalue weighted by atomic mass is 16.5. The van der Waals surface area contributed by atoms with Gasteiger partial charge in [-0.05, 0) is 23.8 Å². The highest BCUT2D eigenvalue weighted by molar-refractivity contribution is 6.01. The first kappa shape index (κ1) is 20.5. The molecule has 0 aliphatic carbocycles. The number of methoxy groups -OCH3 is 2. The molecule has 0 aromatic heterocycles. The highest BCUT2D eigenvalue weighted by Gasteiger charge is 2.44. The molecule has 2 aromatic rings. The Kier molecular flexibility index (Phi) is 5.66. The van der Waals surface area contributed by atoms with Crippen molar-refractivity contribution >= 4 is 11.9 Å². The molecule has 7 heteroatoms. The molecular weight excluding hydrogens is 394 g/mol. The lowest BCUT2D eigenvalue weighted by Gasteiger charge is -2.33. The Hall–Kier alpha value is -3.74. The van der Waals surface area contributed by atoms with Gasteiger partial charge in [-0.3, -0.25) is 9.69 Å². The SMILES string of the molecule is C=CCN1C(=O)N[C@H](c2cc(OC)ccc2OC)C2=C1CN(Cc1ccccc1)C2=O. The van der Waals surface area contributed by atoms with Crippen LogP contribution in [0.1, 0.15) is 17.2 Å². The molecule has 0 radical (unpaired) electrons. The van der Waals surface area contributed by atoms with Crippen LogP contribution in [0.2, 0.25) is 0 Å². The number of rotatable bonds is 7. The average Bonchev–Trinajstić information content (AvgIpc) is 3.11. The summed E-state index contributed by atoms with van der Waals surface area (Å²) in [6, 6.07) is 14.2. The third-order valence-corrected chi connectivity index (χ3v) is 5.57. The molecule has 0 spiro atoms. The van der Waals surface area contributed by atoms with Gasteiger partial charge in [0.1, 0.15) is 11.5 Å². The topological polar surface area (TPSA) is 71.1 Å². The minimum Gasteiger partial charge on any atom is -0.497 e. The number of urea groups is 1. The van der Waals surface area contributed by atoms with Gasteiger partial charge in [-0.25, -0.2) is 4.79 Å². The van der Waals surface area contributed by atoms with E-state index < -0.39 is 6.04 Å². The summed E-state index contributed by atoms with van der Waals surface area (Å²) in [5, 5.41) is 2.98. The maximum atomic E-state index is 13.5. The minimum absolute atomic E-state index is 0.109. The van der Waals surface area contributed by atoms with Crippen molar-refractivity contribution < 1.29 is 19.1 Å². The van der Waals surface area contributed by atoms with Crippen LogP contribution in [0.25, 0.3) is 0 Å². The predicted octanol–water partition coefficient (Wildman–Crippen LogP) is 3.25. The summed E-state index contributed by atoms with van der Waals surface area (Å²) in [4.78, 5) is 29.8. The Bertz CT molecular complexity index is 1050. The van der Waals surface area contributed by atoms with E-state index in [2.05, 4.69) is 11.9 Å². The Morgan fingerprint density at radius 2 is 1.90 bits per heavy atom. The Morgan fingerprint density at radius 1 is 1.13 bits per heavy atom. The van der Waals surface area contributed by atoms with Gasteiger partial charge < -0.3 is 19.7 Å². The summed E-state index contributed by atoms with van der Waals surface area (Å²) in [6.07, 6.45) is 1.65. The zero-order chi connectivity index (χ0) is 22.0.